The summed E-state index contributed by atoms with van der Waals surface area (Å²) >= 11 is 0. The normalized spacial score (nSPS) is 10.5. The molecule has 1 heteroatoms. The van der Waals surface area contributed by atoms with Gasteiger partial charge >= 0.3 is 0 Å². The second kappa shape index (κ2) is 5.65. The van der Waals surface area contributed by atoms with Gasteiger partial charge in [-0.25, -0.2) is 0 Å². The Labute approximate surface area is 103 Å². The van der Waals surface area contributed by atoms with Gasteiger partial charge in [0.1, 0.15) is 0 Å². The summed E-state index contributed by atoms with van der Waals surface area (Å²) in [5.41, 5.74) is 4.89. The number of rotatable bonds is 4. The molecule has 17 heavy (non-hydrogen) atoms. The number of aliphatic hydroxyl groups excluding tert-OH is 1. The molecule has 2 rings (SSSR count). The molecule has 0 aliphatic carbocycles. The molecular formula is C16H18O. The quantitative estimate of drug-likeness (QED) is 0.840. The Balaban J connectivity index is 2.37. The van der Waals surface area contributed by atoms with Gasteiger partial charge in [-0.1, -0.05) is 61.9 Å². The maximum absolute atomic E-state index is 9.04. The molecule has 88 valence electrons. The van der Waals surface area contributed by atoms with Crippen LogP contribution in [0.2, 0.25) is 0 Å². The average Bonchev–Trinajstić information content (AvgIpc) is 2.40. The summed E-state index contributed by atoms with van der Waals surface area (Å²) in [5, 5.41) is 9.04. The predicted molar refractivity (Wildman–Crippen MR) is 71.8 cm³/mol. The lowest BCUT2D eigenvalue weighted by molar-refractivity contribution is 0.282. The molecule has 0 saturated carbocycles. The number of hydrogen-bond donors (Lipinski definition) is 1. The van der Waals surface area contributed by atoms with Crippen LogP contribution in [0.5, 0.6) is 0 Å². The van der Waals surface area contributed by atoms with E-state index in [2.05, 4.69) is 43.3 Å². The first-order valence-corrected chi connectivity index (χ1v) is 6.13. The van der Waals surface area contributed by atoms with Crippen LogP contribution >= 0.6 is 0 Å². The van der Waals surface area contributed by atoms with Gasteiger partial charge in [0, 0.05) is 0 Å². The first-order chi connectivity index (χ1) is 8.35. The second-order valence-electron chi connectivity index (χ2n) is 4.26. The largest absolute Gasteiger partial charge is 0.392 e. The Kier molecular flexibility index (Phi) is 3.94. The molecule has 0 fully saturated rings. The zero-order chi connectivity index (χ0) is 12.1. The van der Waals surface area contributed by atoms with Gasteiger partial charge in [0.05, 0.1) is 6.61 Å². The van der Waals surface area contributed by atoms with Crippen molar-refractivity contribution in [3.8, 4) is 11.1 Å². The minimum atomic E-state index is 0.108. The first-order valence-electron chi connectivity index (χ1n) is 6.13. The van der Waals surface area contributed by atoms with Crippen molar-refractivity contribution in [3.63, 3.8) is 0 Å². The first kappa shape index (κ1) is 11.9. The molecule has 0 bridgehead atoms. The molecule has 1 nitrogen and oxygen atoms in total. The third-order valence-electron chi connectivity index (χ3n) is 2.98. The molecule has 0 aromatic heterocycles. The zero-order valence-corrected chi connectivity index (χ0v) is 10.2. The molecule has 0 radical (unpaired) electrons. The van der Waals surface area contributed by atoms with Gasteiger partial charge in [-0.05, 0) is 28.7 Å². The summed E-state index contributed by atoms with van der Waals surface area (Å²) in [4.78, 5) is 0. The smallest absolute Gasteiger partial charge is 0.0681 e. The number of aryl methyl sites for hydroxylation is 1. The molecule has 0 atom stereocenters. The summed E-state index contributed by atoms with van der Waals surface area (Å²) in [6, 6.07) is 16.7. The maximum atomic E-state index is 9.04. The summed E-state index contributed by atoms with van der Waals surface area (Å²) < 4.78 is 0. The third-order valence-corrected chi connectivity index (χ3v) is 2.98. The molecule has 1 N–H and O–H groups in total. The van der Waals surface area contributed by atoms with Gasteiger partial charge in [-0.2, -0.15) is 0 Å². The zero-order valence-electron chi connectivity index (χ0n) is 10.2. The topological polar surface area (TPSA) is 20.2 Å². The van der Waals surface area contributed by atoms with Gasteiger partial charge < -0.3 is 5.11 Å². The molecule has 0 aliphatic rings. The maximum Gasteiger partial charge on any atom is 0.0681 e. The summed E-state index contributed by atoms with van der Waals surface area (Å²) in [6.07, 6.45) is 2.27. The van der Waals surface area contributed by atoms with Gasteiger partial charge in [-0.3, -0.25) is 0 Å². The monoisotopic (exact) mass is 226 g/mol. The van der Waals surface area contributed by atoms with E-state index in [1.54, 1.807) is 0 Å². The summed E-state index contributed by atoms with van der Waals surface area (Å²) in [6.45, 7) is 2.31. The van der Waals surface area contributed by atoms with Gasteiger partial charge in [0.2, 0.25) is 0 Å². The van der Waals surface area contributed by atoms with E-state index in [0.717, 1.165) is 18.4 Å². The highest BCUT2D eigenvalue weighted by atomic mass is 16.3. The number of hydrogen-bond acceptors (Lipinski definition) is 1. The van der Waals surface area contributed by atoms with Crippen LogP contribution in [-0.4, -0.2) is 5.11 Å². The van der Waals surface area contributed by atoms with Gasteiger partial charge in [-0.15, -0.1) is 0 Å². The summed E-state index contributed by atoms with van der Waals surface area (Å²) in [5.74, 6) is 0. The molecule has 0 aliphatic heterocycles. The Bertz CT molecular complexity index is 471. The highest BCUT2D eigenvalue weighted by Crippen LogP contribution is 2.25. The summed E-state index contributed by atoms with van der Waals surface area (Å²) in [7, 11) is 0. The molecule has 0 heterocycles. The lowest BCUT2D eigenvalue weighted by Crippen LogP contribution is -1.89. The lowest BCUT2D eigenvalue weighted by atomic mass is 9.96. The minimum absolute atomic E-state index is 0.108. The van der Waals surface area contributed by atoms with E-state index in [4.69, 9.17) is 5.11 Å². The van der Waals surface area contributed by atoms with E-state index < -0.39 is 0 Å². The molecule has 0 unspecified atom stereocenters. The van der Waals surface area contributed by atoms with Crippen molar-refractivity contribution in [1.82, 2.24) is 0 Å². The fourth-order valence-corrected chi connectivity index (χ4v) is 2.08. The lowest BCUT2D eigenvalue weighted by Gasteiger charge is -2.09. The fraction of sp³-hybridized carbons (Fsp3) is 0.250. The number of benzene rings is 2. The highest BCUT2D eigenvalue weighted by Gasteiger charge is 2.03. The van der Waals surface area contributed by atoms with E-state index in [1.165, 1.54) is 16.7 Å². The Hall–Kier alpha value is -1.60. The van der Waals surface area contributed by atoms with Gasteiger partial charge in [0.15, 0.2) is 0 Å². The van der Waals surface area contributed by atoms with E-state index in [9.17, 15) is 0 Å². The Morgan fingerprint density at radius 2 is 1.65 bits per heavy atom. The second-order valence-corrected chi connectivity index (χ2v) is 4.26. The van der Waals surface area contributed by atoms with Crippen LogP contribution in [0.4, 0.5) is 0 Å². The molecule has 0 saturated heterocycles. The van der Waals surface area contributed by atoms with Crippen molar-refractivity contribution in [1.29, 1.82) is 0 Å². The van der Waals surface area contributed by atoms with Crippen LogP contribution < -0.4 is 0 Å². The Morgan fingerprint density at radius 3 is 2.29 bits per heavy atom. The predicted octanol–water partition coefficient (Wildman–Crippen LogP) is 3.80. The van der Waals surface area contributed by atoms with Crippen LogP contribution in [0.3, 0.4) is 0 Å². The molecule has 2 aromatic carbocycles. The van der Waals surface area contributed by atoms with Crippen molar-refractivity contribution in [2.24, 2.45) is 0 Å². The molecule has 0 spiro atoms. The average molecular weight is 226 g/mol. The minimum Gasteiger partial charge on any atom is -0.392 e. The van der Waals surface area contributed by atoms with Crippen LogP contribution in [0.25, 0.3) is 11.1 Å². The van der Waals surface area contributed by atoms with E-state index in [-0.39, 0.29) is 6.61 Å². The van der Waals surface area contributed by atoms with Crippen molar-refractivity contribution >= 4 is 0 Å². The van der Waals surface area contributed by atoms with Crippen LogP contribution in [0.15, 0.2) is 48.5 Å². The van der Waals surface area contributed by atoms with Gasteiger partial charge in [0.25, 0.3) is 0 Å². The van der Waals surface area contributed by atoms with Crippen molar-refractivity contribution in [2.75, 3.05) is 0 Å². The molecule has 0 amide bonds. The third kappa shape index (κ3) is 2.75. The standard InChI is InChI=1S/C16H18O/c1-2-5-14-6-3-4-7-16(14)15-10-8-13(12-17)9-11-15/h3-4,6-11,17H,2,5,12H2,1H3. The Morgan fingerprint density at radius 1 is 0.941 bits per heavy atom. The van der Waals surface area contributed by atoms with Crippen LogP contribution in [0.1, 0.15) is 24.5 Å². The fourth-order valence-electron chi connectivity index (χ4n) is 2.08. The van der Waals surface area contributed by atoms with Crippen molar-refractivity contribution in [2.45, 2.75) is 26.4 Å². The van der Waals surface area contributed by atoms with Crippen LogP contribution in [0, 0.1) is 0 Å². The number of aliphatic hydroxyl groups is 1. The molecular weight excluding hydrogens is 208 g/mol. The van der Waals surface area contributed by atoms with E-state index in [0.29, 0.717) is 0 Å². The highest BCUT2D eigenvalue weighted by molar-refractivity contribution is 5.67. The van der Waals surface area contributed by atoms with E-state index >= 15 is 0 Å². The SMILES string of the molecule is CCCc1ccccc1-c1ccc(CO)cc1. The van der Waals surface area contributed by atoms with E-state index in [1.807, 2.05) is 12.1 Å². The van der Waals surface area contributed by atoms with Crippen LogP contribution in [-0.2, 0) is 13.0 Å². The van der Waals surface area contributed by atoms with Crippen molar-refractivity contribution in [3.05, 3.63) is 59.7 Å². The van der Waals surface area contributed by atoms with Crippen molar-refractivity contribution < 1.29 is 5.11 Å². The molecule has 2 aromatic rings.